The molecule has 9 heteroatoms. The quantitative estimate of drug-likeness (QED) is 0.678. The van der Waals surface area contributed by atoms with Gasteiger partial charge in [0.2, 0.25) is 0 Å². The summed E-state index contributed by atoms with van der Waals surface area (Å²) in [4.78, 5) is 34.8. The second kappa shape index (κ2) is 7.34. The van der Waals surface area contributed by atoms with Gasteiger partial charge in [0, 0.05) is 32.4 Å². The third-order valence-corrected chi connectivity index (χ3v) is 4.79. The fourth-order valence-corrected chi connectivity index (χ4v) is 3.21. The highest BCUT2D eigenvalue weighted by Gasteiger charge is 2.24. The van der Waals surface area contributed by atoms with Gasteiger partial charge in [-0.1, -0.05) is 24.3 Å². The number of benzene rings is 1. The molecule has 0 spiro atoms. The van der Waals surface area contributed by atoms with Crippen molar-refractivity contribution in [3.8, 4) is 11.4 Å². The van der Waals surface area contributed by atoms with E-state index in [1.165, 1.54) is 18.1 Å². The Hall–Kier alpha value is -3.75. The SMILES string of the molecule is C[C@H](NC(=O)c1cc(N2Cc3ccccc3C2)nc(-c2cnn(C)c2)n1)C(=O)O. The summed E-state index contributed by atoms with van der Waals surface area (Å²) in [6, 6.07) is 8.70. The van der Waals surface area contributed by atoms with Gasteiger partial charge in [0.1, 0.15) is 17.6 Å². The molecule has 3 heterocycles. The fraction of sp³-hybridized carbons (Fsp3) is 0.250. The molecule has 2 aromatic heterocycles. The Kier molecular flexibility index (Phi) is 4.71. The number of nitrogens with one attached hydrogen (secondary N) is 1. The molecule has 29 heavy (non-hydrogen) atoms. The Morgan fingerprint density at radius 1 is 1.17 bits per heavy atom. The van der Waals surface area contributed by atoms with E-state index in [0.717, 1.165) is 0 Å². The molecule has 2 N–H and O–H groups in total. The van der Waals surface area contributed by atoms with E-state index < -0.39 is 17.9 Å². The number of aliphatic carboxylic acids is 1. The Morgan fingerprint density at radius 3 is 2.45 bits per heavy atom. The van der Waals surface area contributed by atoms with Crippen LogP contribution in [0.2, 0.25) is 0 Å². The summed E-state index contributed by atoms with van der Waals surface area (Å²) in [6.07, 6.45) is 3.39. The highest BCUT2D eigenvalue weighted by molar-refractivity contribution is 5.95. The summed E-state index contributed by atoms with van der Waals surface area (Å²) in [5, 5.41) is 15.7. The highest BCUT2D eigenvalue weighted by atomic mass is 16.4. The van der Waals surface area contributed by atoms with Crippen molar-refractivity contribution in [2.45, 2.75) is 26.1 Å². The van der Waals surface area contributed by atoms with E-state index in [1.807, 2.05) is 12.1 Å². The predicted octanol–water partition coefficient (Wildman–Crippen LogP) is 1.60. The second-order valence-electron chi connectivity index (χ2n) is 7.00. The summed E-state index contributed by atoms with van der Waals surface area (Å²) in [7, 11) is 1.78. The van der Waals surface area contributed by atoms with Gasteiger partial charge in [0.25, 0.3) is 5.91 Å². The topological polar surface area (TPSA) is 113 Å². The second-order valence-corrected chi connectivity index (χ2v) is 7.00. The molecule has 3 aromatic rings. The molecule has 1 atom stereocenters. The molecule has 4 rings (SSSR count). The van der Waals surface area contributed by atoms with Crippen LogP contribution in [0.1, 0.15) is 28.5 Å². The predicted molar refractivity (Wildman–Crippen MR) is 105 cm³/mol. The molecule has 0 saturated carbocycles. The van der Waals surface area contributed by atoms with Gasteiger partial charge < -0.3 is 15.3 Å². The minimum atomic E-state index is -1.12. The lowest BCUT2D eigenvalue weighted by Crippen LogP contribution is -2.38. The van der Waals surface area contributed by atoms with Crippen molar-refractivity contribution in [3.05, 3.63) is 59.5 Å². The zero-order valence-electron chi connectivity index (χ0n) is 16.0. The first kappa shape index (κ1) is 18.6. The molecule has 0 aliphatic carbocycles. The minimum Gasteiger partial charge on any atom is -0.480 e. The van der Waals surface area contributed by atoms with Crippen molar-refractivity contribution in [3.63, 3.8) is 0 Å². The average Bonchev–Trinajstić information content (AvgIpc) is 3.33. The maximum atomic E-state index is 12.6. The van der Waals surface area contributed by atoms with Crippen molar-refractivity contribution >= 4 is 17.7 Å². The van der Waals surface area contributed by atoms with E-state index in [2.05, 4.69) is 37.4 Å². The van der Waals surface area contributed by atoms with Crippen LogP contribution in [-0.2, 0) is 24.9 Å². The number of carbonyl (C=O) groups excluding carboxylic acids is 1. The minimum absolute atomic E-state index is 0.109. The van der Waals surface area contributed by atoms with Crippen molar-refractivity contribution in [1.82, 2.24) is 25.1 Å². The van der Waals surface area contributed by atoms with Crippen LogP contribution in [-0.4, -0.2) is 42.8 Å². The molecule has 1 aliphatic rings. The van der Waals surface area contributed by atoms with Gasteiger partial charge in [-0.15, -0.1) is 0 Å². The van der Waals surface area contributed by atoms with E-state index in [4.69, 9.17) is 5.11 Å². The standard InChI is InChI=1S/C20H20N6O3/c1-12(20(28)29)22-19(27)16-7-17(24-18(23-16)15-8-21-25(2)9-15)26-10-13-5-3-4-6-14(13)11-26/h3-9,12H,10-11H2,1-2H3,(H,22,27)(H,28,29)/t12-/m0/s1. The normalized spacial score (nSPS) is 13.8. The van der Waals surface area contributed by atoms with Crippen LogP contribution in [0.25, 0.3) is 11.4 Å². The van der Waals surface area contributed by atoms with Gasteiger partial charge in [0.05, 0.1) is 11.8 Å². The first-order chi connectivity index (χ1) is 13.9. The number of rotatable bonds is 5. The number of fused-ring (bicyclic) bond motifs is 1. The lowest BCUT2D eigenvalue weighted by atomic mass is 10.1. The largest absolute Gasteiger partial charge is 0.480 e. The number of carboxylic acids is 1. The Bertz CT molecular complexity index is 1070. The highest BCUT2D eigenvalue weighted by Crippen LogP contribution is 2.28. The Morgan fingerprint density at radius 2 is 1.86 bits per heavy atom. The van der Waals surface area contributed by atoms with Gasteiger partial charge in [-0.25, -0.2) is 9.97 Å². The lowest BCUT2D eigenvalue weighted by Gasteiger charge is -2.18. The monoisotopic (exact) mass is 392 g/mol. The van der Waals surface area contributed by atoms with Crippen LogP contribution < -0.4 is 10.2 Å². The molecule has 0 fully saturated rings. The first-order valence-corrected chi connectivity index (χ1v) is 9.14. The zero-order valence-corrected chi connectivity index (χ0v) is 16.0. The molecule has 1 aliphatic heterocycles. The third kappa shape index (κ3) is 3.79. The van der Waals surface area contributed by atoms with E-state index in [1.54, 1.807) is 30.2 Å². The van der Waals surface area contributed by atoms with Crippen LogP contribution >= 0.6 is 0 Å². The number of hydrogen-bond donors (Lipinski definition) is 2. The van der Waals surface area contributed by atoms with Gasteiger partial charge in [-0.3, -0.25) is 14.3 Å². The molecular formula is C20H20N6O3. The van der Waals surface area contributed by atoms with Crippen molar-refractivity contribution in [2.75, 3.05) is 4.90 Å². The molecule has 0 bridgehead atoms. The van der Waals surface area contributed by atoms with Gasteiger partial charge in [-0.05, 0) is 18.1 Å². The van der Waals surface area contributed by atoms with E-state index in [9.17, 15) is 9.59 Å². The third-order valence-electron chi connectivity index (χ3n) is 4.79. The average molecular weight is 392 g/mol. The van der Waals surface area contributed by atoms with Crippen LogP contribution in [0.5, 0.6) is 0 Å². The smallest absolute Gasteiger partial charge is 0.325 e. The van der Waals surface area contributed by atoms with Gasteiger partial charge >= 0.3 is 5.97 Å². The van der Waals surface area contributed by atoms with Gasteiger partial charge in [-0.2, -0.15) is 5.10 Å². The number of aryl methyl sites for hydroxylation is 1. The summed E-state index contributed by atoms with van der Waals surface area (Å²) in [5.74, 6) is -0.719. The number of nitrogens with zero attached hydrogens (tertiary/aromatic N) is 5. The van der Waals surface area contributed by atoms with Crippen LogP contribution in [0.15, 0.2) is 42.7 Å². The Labute approximate surface area is 167 Å². The van der Waals surface area contributed by atoms with E-state index in [0.29, 0.717) is 30.3 Å². The fourth-order valence-electron chi connectivity index (χ4n) is 3.21. The maximum Gasteiger partial charge on any atom is 0.325 e. The lowest BCUT2D eigenvalue weighted by molar-refractivity contribution is -0.138. The summed E-state index contributed by atoms with van der Waals surface area (Å²) in [5.41, 5.74) is 3.20. The number of amides is 1. The van der Waals surface area contributed by atoms with E-state index in [-0.39, 0.29) is 5.69 Å². The van der Waals surface area contributed by atoms with Crippen LogP contribution in [0.4, 0.5) is 5.82 Å². The zero-order chi connectivity index (χ0) is 20.5. The number of anilines is 1. The van der Waals surface area contributed by atoms with Gasteiger partial charge in [0.15, 0.2) is 5.82 Å². The molecule has 1 amide bonds. The molecule has 148 valence electrons. The molecule has 1 aromatic carbocycles. The number of aromatic nitrogens is 4. The van der Waals surface area contributed by atoms with Crippen molar-refractivity contribution in [1.29, 1.82) is 0 Å². The number of hydrogen-bond acceptors (Lipinski definition) is 6. The van der Waals surface area contributed by atoms with Crippen LogP contribution in [0.3, 0.4) is 0 Å². The van der Waals surface area contributed by atoms with E-state index >= 15 is 0 Å². The first-order valence-electron chi connectivity index (χ1n) is 9.14. The number of carbonyl (C=O) groups is 2. The summed E-state index contributed by atoms with van der Waals surface area (Å²) < 4.78 is 1.63. The van der Waals surface area contributed by atoms with Crippen molar-refractivity contribution in [2.24, 2.45) is 7.05 Å². The molecule has 0 unspecified atom stereocenters. The summed E-state index contributed by atoms with van der Waals surface area (Å²) in [6.45, 7) is 2.75. The molecule has 9 nitrogen and oxygen atoms in total. The van der Waals surface area contributed by atoms with Crippen molar-refractivity contribution < 1.29 is 14.7 Å². The number of carboxylic acid groups (broad SMARTS) is 1. The summed E-state index contributed by atoms with van der Waals surface area (Å²) >= 11 is 0. The molecular weight excluding hydrogens is 372 g/mol. The Balaban J connectivity index is 1.71. The molecule has 0 radical (unpaired) electrons. The molecule has 0 saturated heterocycles. The van der Waals surface area contributed by atoms with Crippen LogP contribution in [0, 0.1) is 0 Å². The maximum absolute atomic E-state index is 12.6.